The van der Waals surface area contributed by atoms with Crippen molar-refractivity contribution in [1.29, 1.82) is 0 Å². The summed E-state index contributed by atoms with van der Waals surface area (Å²) in [5.41, 5.74) is 1.76. The van der Waals surface area contributed by atoms with Gasteiger partial charge < -0.3 is 20.7 Å². The fourth-order valence-corrected chi connectivity index (χ4v) is 2.71. The third kappa shape index (κ3) is 9.43. The Labute approximate surface area is 164 Å². The first-order valence-corrected chi connectivity index (χ1v) is 9.96. The normalized spacial score (nSPS) is 12.7. The van der Waals surface area contributed by atoms with Gasteiger partial charge in [0.1, 0.15) is 0 Å². The van der Waals surface area contributed by atoms with Crippen LogP contribution in [0.25, 0.3) is 0 Å². The number of nitrogens with zero attached hydrogens (tertiary/aromatic N) is 1. The molecule has 0 saturated heterocycles. The number of hydrogen-bond acceptors (Lipinski definition) is 3. The molecule has 0 heterocycles. The zero-order valence-electron chi connectivity index (χ0n) is 17.5. The third-order valence-corrected chi connectivity index (χ3v) is 4.14. The second-order valence-corrected chi connectivity index (χ2v) is 6.84. The lowest BCUT2D eigenvalue weighted by atomic mass is 10.0. The van der Waals surface area contributed by atoms with E-state index in [0.717, 1.165) is 31.1 Å². The van der Waals surface area contributed by atoms with Gasteiger partial charge >= 0.3 is 0 Å². The van der Waals surface area contributed by atoms with Crippen LogP contribution in [0.15, 0.2) is 29.3 Å². The van der Waals surface area contributed by atoms with Crippen LogP contribution in [0.3, 0.4) is 0 Å². The van der Waals surface area contributed by atoms with Crippen LogP contribution in [0.1, 0.15) is 50.0 Å². The molecule has 1 atom stereocenters. The monoisotopic (exact) mass is 376 g/mol. The molecule has 6 nitrogen and oxygen atoms in total. The summed E-state index contributed by atoms with van der Waals surface area (Å²) in [7, 11) is 0. The number of nitrogens with one attached hydrogen (secondary N) is 3. The van der Waals surface area contributed by atoms with Crippen molar-refractivity contribution in [3.8, 4) is 0 Å². The molecule has 152 valence electrons. The fourth-order valence-electron chi connectivity index (χ4n) is 2.71. The van der Waals surface area contributed by atoms with Gasteiger partial charge in [0.15, 0.2) is 5.96 Å². The van der Waals surface area contributed by atoms with Gasteiger partial charge in [0.25, 0.3) is 5.91 Å². The van der Waals surface area contributed by atoms with Gasteiger partial charge in [-0.15, -0.1) is 0 Å². The molecular weight excluding hydrogens is 340 g/mol. The van der Waals surface area contributed by atoms with E-state index in [4.69, 9.17) is 4.74 Å². The molecule has 1 aromatic rings. The molecule has 0 spiro atoms. The van der Waals surface area contributed by atoms with Crippen molar-refractivity contribution in [2.24, 2.45) is 10.9 Å². The van der Waals surface area contributed by atoms with Crippen LogP contribution in [0.4, 0.5) is 0 Å². The van der Waals surface area contributed by atoms with E-state index in [1.165, 1.54) is 0 Å². The third-order valence-electron chi connectivity index (χ3n) is 4.14. The highest BCUT2D eigenvalue weighted by Crippen LogP contribution is 2.10. The predicted molar refractivity (Wildman–Crippen MR) is 112 cm³/mol. The molecule has 0 radical (unpaired) electrons. The molecule has 0 saturated carbocycles. The minimum atomic E-state index is -0.0565. The lowest BCUT2D eigenvalue weighted by Crippen LogP contribution is -2.41. The van der Waals surface area contributed by atoms with Gasteiger partial charge in [0.05, 0.1) is 6.10 Å². The van der Waals surface area contributed by atoms with Crippen molar-refractivity contribution in [3.63, 3.8) is 0 Å². The van der Waals surface area contributed by atoms with Gasteiger partial charge in [-0.05, 0) is 45.2 Å². The molecule has 0 aromatic heterocycles. The number of guanidine groups is 1. The van der Waals surface area contributed by atoms with Crippen molar-refractivity contribution in [3.05, 3.63) is 35.4 Å². The van der Waals surface area contributed by atoms with Crippen LogP contribution < -0.4 is 16.0 Å². The number of ether oxygens (including phenoxy) is 1. The van der Waals surface area contributed by atoms with Crippen molar-refractivity contribution < 1.29 is 9.53 Å². The van der Waals surface area contributed by atoms with Crippen LogP contribution in [0.2, 0.25) is 0 Å². The highest BCUT2D eigenvalue weighted by atomic mass is 16.5. The lowest BCUT2D eigenvalue weighted by molar-refractivity contribution is 0.0266. The van der Waals surface area contributed by atoms with E-state index in [2.05, 4.69) is 34.8 Å². The van der Waals surface area contributed by atoms with Gasteiger partial charge in [-0.2, -0.15) is 0 Å². The lowest BCUT2D eigenvalue weighted by Gasteiger charge is -2.20. The van der Waals surface area contributed by atoms with Gasteiger partial charge in [-0.25, -0.2) is 0 Å². The van der Waals surface area contributed by atoms with Crippen LogP contribution in [0.5, 0.6) is 0 Å². The van der Waals surface area contributed by atoms with Crippen LogP contribution in [-0.4, -0.2) is 50.8 Å². The van der Waals surface area contributed by atoms with E-state index in [9.17, 15) is 4.79 Å². The molecule has 0 bridgehead atoms. The molecule has 1 aromatic carbocycles. The minimum Gasteiger partial charge on any atom is -0.378 e. The van der Waals surface area contributed by atoms with Gasteiger partial charge in [-0.3, -0.25) is 9.79 Å². The van der Waals surface area contributed by atoms with Gasteiger partial charge in [-0.1, -0.05) is 31.5 Å². The number of aliphatic imine (C=N–C) groups is 1. The fraction of sp³-hybridized carbons (Fsp3) is 0.619. The summed E-state index contributed by atoms with van der Waals surface area (Å²) < 4.78 is 5.76. The average molecular weight is 377 g/mol. The standard InChI is InChI=1S/C21H36N4O2/c1-6-22-21(24-12-11-19(16(3)4)27-7-2)25-14-13-23-20(26)18-10-8-9-17(5)15-18/h8-10,15-16,19H,6-7,11-14H2,1-5H3,(H,23,26)(H2,22,24,25). The summed E-state index contributed by atoms with van der Waals surface area (Å²) in [6.07, 6.45) is 1.13. The molecule has 27 heavy (non-hydrogen) atoms. The molecule has 0 aliphatic heterocycles. The summed E-state index contributed by atoms with van der Waals surface area (Å²) in [6.45, 7) is 13.7. The van der Waals surface area contributed by atoms with E-state index in [1.807, 2.05) is 45.0 Å². The van der Waals surface area contributed by atoms with Crippen molar-refractivity contribution >= 4 is 11.9 Å². The zero-order valence-corrected chi connectivity index (χ0v) is 17.5. The highest BCUT2D eigenvalue weighted by Gasteiger charge is 2.12. The maximum Gasteiger partial charge on any atom is 0.251 e. The SMILES string of the molecule is CCNC(=NCCC(OCC)C(C)C)NCCNC(=O)c1cccc(C)c1. The molecule has 0 aliphatic carbocycles. The van der Waals surface area contributed by atoms with Crippen LogP contribution in [-0.2, 0) is 4.74 Å². The van der Waals surface area contributed by atoms with Gasteiger partial charge in [0.2, 0.25) is 0 Å². The van der Waals surface area contributed by atoms with E-state index in [1.54, 1.807) is 0 Å². The molecule has 1 unspecified atom stereocenters. The van der Waals surface area contributed by atoms with Crippen molar-refractivity contribution in [2.75, 3.05) is 32.8 Å². The Morgan fingerprint density at radius 2 is 1.89 bits per heavy atom. The first-order chi connectivity index (χ1) is 13.0. The van der Waals surface area contributed by atoms with Crippen LogP contribution >= 0.6 is 0 Å². The Hall–Kier alpha value is -2.08. The maximum absolute atomic E-state index is 12.1. The summed E-state index contributed by atoms with van der Waals surface area (Å²) >= 11 is 0. The maximum atomic E-state index is 12.1. The molecule has 6 heteroatoms. The average Bonchev–Trinajstić information content (AvgIpc) is 2.64. The summed E-state index contributed by atoms with van der Waals surface area (Å²) in [4.78, 5) is 16.7. The van der Waals surface area contributed by atoms with E-state index in [0.29, 0.717) is 31.1 Å². The summed E-state index contributed by atoms with van der Waals surface area (Å²) in [6, 6.07) is 7.58. The van der Waals surface area contributed by atoms with E-state index >= 15 is 0 Å². The first kappa shape index (κ1) is 23.0. The van der Waals surface area contributed by atoms with Crippen LogP contribution in [0, 0.1) is 12.8 Å². The smallest absolute Gasteiger partial charge is 0.251 e. The largest absolute Gasteiger partial charge is 0.378 e. The van der Waals surface area contributed by atoms with E-state index in [-0.39, 0.29) is 12.0 Å². The van der Waals surface area contributed by atoms with E-state index < -0.39 is 0 Å². The number of carbonyl (C=O) groups is 1. The minimum absolute atomic E-state index is 0.0565. The predicted octanol–water partition coefficient (Wildman–Crippen LogP) is 2.73. The Balaban J connectivity index is 2.40. The Morgan fingerprint density at radius 1 is 1.15 bits per heavy atom. The van der Waals surface area contributed by atoms with Gasteiger partial charge in [0, 0.05) is 38.3 Å². The van der Waals surface area contributed by atoms with Crippen molar-refractivity contribution in [2.45, 2.75) is 47.1 Å². The second kappa shape index (κ2) is 13.1. The number of rotatable bonds is 11. The summed E-state index contributed by atoms with van der Waals surface area (Å²) in [5.74, 6) is 1.19. The second-order valence-electron chi connectivity index (χ2n) is 6.84. The molecule has 3 N–H and O–H groups in total. The zero-order chi connectivity index (χ0) is 20.1. The Morgan fingerprint density at radius 3 is 2.52 bits per heavy atom. The number of benzene rings is 1. The first-order valence-electron chi connectivity index (χ1n) is 9.96. The highest BCUT2D eigenvalue weighted by molar-refractivity contribution is 5.94. The molecule has 0 aliphatic rings. The molecule has 1 rings (SSSR count). The topological polar surface area (TPSA) is 74.8 Å². The number of amides is 1. The number of hydrogen-bond donors (Lipinski definition) is 3. The van der Waals surface area contributed by atoms with Crippen molar-refractivity contribution in [1.82, 2.24) is 16.0 Å². The number of carbonyl (C=O) groups excluding carboxylic acids is 1. The Bertz CT molecular complexity index is 587. The molecule has 1 amide bonds. The summed E-state index contributed by atoms with van der Waals surface area (Å²) in [5, 5.41) is 9.41. The quantitative estimate of drug-likeness (QED) is 0.315. The molecular formula is C21H36N4O2. The molecule has 0 fully saturated rings. The number of aryl methyl sites for hydroxylation is 1. The Kier molecular flexibility index (Phi) is 11.2.